The van der Waals surface area contributed by atoms with Gasteiger partial charge in [-0.2, -0.15) is 5.26 Å². The first kappa shape index (κ1) is 19.3. The fourth-order valence-corrected chi connectivity index (χ4v) is 4.51. The van der Waals surface area contributed by atoms with Gasteiger partial charge in [-0.05, 0) is 33.3 Å². The molecule has 7 heteroatoms. The zero-order chi connectivity index (χ0) is 21.0. The second kappa shape index (κ2) is 6.51. The molecule has 2 aliphatic heterocycles. The van der Waals surface area contributed by atoms with Crippen LogP contribution in [-0.2, 0) is 11.8 Å². The largest absolute Gasteiger partial charge is 0.444 e. The molecule has 152 valence electrons. The lowest BCUT2D eigenvalue weighted by atomic mass is 9.78. The molecule has 1 aromatic heterocycles. The van der Waals surface area contributed by atoms with E-state index in [2.05, 4.69) is 11.0 Å². The van der Waals surface area contributed by atoms with Crippen molar-refractivity contribution in [3.8, 4) is 6.07 Å². The highest BCUT2D eigenvalue weighted by atomic mass is 16.6. The van der Waals surface area contributed by atoms with E-state index < -0.39 is 5.60 Å². The third kappa shape index (κ3) is 3.23. The van der Waals surface area contributed by atoms with Gasteiger partial charge in [0, 0.05) is 44.0 Å². The number of benzene rings is 1. The molecule has 0 saturated carbocycles. The number of pyridine rings is 1. The predicted molar refractivity (Wildman–Crippen MR) is 111 cm³/mol. The zero-order valence-corrected chi connectivity index (χ0v) is 17.4. The molecule has 4 rings (SSSR count). The molecule has 2 aromatic rings. The van der Waals surface area contributed by atoms with Crippen molar-refractivity contribution in [3.05, 3.63) is 40.2 Å². The van der Waals surface area contributed by atoms with Crippen molar-refractivity contribution < 1.29 is 9.53 Å². The van der Waals surface area contributed by atoms with E-state index in [1.54, 1.807) is 11.9 Å². The van der Waals surface area contributed by atoms with E-state index in [0.717, 1.165) is 30.4 Å². The van der Waals surface area contributed by atoms with E-state index in [0.29, 0.717) is 18.8 Å². The number of para-hydroxylation sites is 1. The van der Waals surface area contributed by atoms with Crippen molar-refractivity contribution in [2.45, 2.75) is 32.8 Å². The average Bonchev–Trinajstić information content (AvgIpc) is 3.08. The van der Waals surface area contributed by atoms with Gasteiger partial charge in [0.1, 0.15) is 17.2 Å². The Labute approximate surface area is 170 Å². The van der Waals surface area contributed by atoms with Gasteiger partial charge < -0.3 is 19.1 Å². The number of hydrogen-bond donors (Lipinski definition) is 0. The highest BCUT2D eigenvalue weighted by molar-refractivity contribution is 5.95. The number of amides is 1. The summed E-state index contributed by atoms with van der Waals surface area (Å²) in [6, 6.07) is 9.79. The quantitative estimate of drug-likeness (QED) is 0.743. The fraction of sp³-hybridized carbons (Fsp3) is 0.500. The molecule has 0 N–H and O–H groups in total. The number of aryl methyl sites for hydroxylation is 1. The summed E-state index contributed by atoms with van der Waals surface area (Å²) in [5, 5.41) is 10.6. The van der Waals surface area contributed by atoms with Crippen LogP contribution in [-0.4, -0.2) is 47.3 Å². The maximum absolute atomic E-state index is 12.7. The number of nitrogens with zero attached hydrogens (tertiary/aromatic N) is 4. The predicted octanol–water partition coefficient (Wildman–Crippen LogP) is 2.86. The second-order valence-corrected chi connectivity index (χ2v) is 9.22. The van der Waals surface area contributed by atoms with Crippen LogP contribution < -0.4 is 10.5 Å². The van der Waals surface area contributed by atoms with Gasteiger partial charge in [-0.3, -0.25) is 4.79 Å². The first-order valence-corrected chi connectivity index (χ1v) is 9.89. The standard InChI is InChI=1S/C22H26N4O3/c1-21(2,3)29-20(28)25-10-9-22(12-25)13-26(14-22)18-15-7-5-6-8-17(15)24(4)19(27)16(18)11-23/h5-8H,9-10,12-14H2,1-4H3. The summed E-state index contributed by atoms with van der Waals surface area (Å²) in [5.74, 6) is 0. The Morgan fingerprint density at radius 2 is 1.90 bits per heavy atom. The topological polar surface area (TPSA) is 78.6 Å². The third-order valence-corrected chi connectivity index (χ3v) is 5.85. The molecule has 29 heavy (non-hydrogen) atoms. The molecule has 3 heterocycles. The lowest BCUT2D eigenvalue weighted by molar-refractivity contribution is 0.0265. The van der Waals surface area contributed by atoms with Gasteiger partial charge in [0.2, 0.25) is 0 Å². The summed E-state index contributed by atoms with van der Waals surface area (Å²) in [6.07, 6.45) is 0.623. The normalized spacial score (nSPS) is 18.0. The van der Waals surface area contributed by atoms with Gasteiger partial charge in [0.25, 0.3) is 5.56 Å². The van der Waals surface area contributed by atoms with Crippen molar-refractivity contribution in [2.75, 3.05) is 31.1 Å². The summed E-state index contributed by atoms with van der Waals surface area (Å²) in [7, 11) is 1.70. The minimum Gasteiger partial charge on any atom is -0.444 e. The lowest BCUT2D eigenvalue weighted by Crippen LogP contribution is -2.58. The number of fused-ring (bicyclic) bond motifs is 1. The Hall–Kier alpha value is -3.01. The van der Waals surface area contributed by atoms with Gasteiger partial charge >= 0.3 is 6.09 Å². The highest BCUT2D eigenvalue weighted by Gasteiger charge is 2.50. The minimum atomic E-state index is -0.511. The average molecular weight is 394 g/mol. The molecule has 2 aliphatic rings. The van der Waals surface area contributed by atoms with Crippen LogP contribution in [0.2, 0.25) is 0 Å². The van der Waals surface area contributed by atoms with Crippen LogP contribution in [0.3, 0.4) is 0 Å². The number of likely N-dealkylation sites (tertiary alicyclic amines) is 1. The first-order valence-electron chi connectivity index (χ1n) is 9.89. The van der Waals surface area contributed by atoms with Crippen molar-refractivity contribution in [3.63, 3.8) is 0 Å². The molecular weight excluding hydrogens is 368 g/mol. The van der Waals surface area contributed by atoms with Crippen molar-refractivity contribution in [1.82, 2.24) is 9.47 Å². The molecule has 7 nitrogen and oxygen atoms in total. The number of anilines is 1. The van der Waals surface area contributed by atoms with E-state index >= 15 is 0 Å². The Morgan fingerprint density at radius 3 is 2.55 bits per heavy atom. The van der Waals surface area contributed by atoms with Crippen LogP contribution in [0.4, 0.5) is 10.5 Å². The van der Waals surface area contributed by atoms with Crippen LogP contribution in [0, 0.1) is 16.7 Å². The number of ether oxygens (including phenoxy) is 1. The summed E-state index contributed by atoms with van der Waals surface area (Å²) in [5.41, 5.74) is 0.920. The molecular formula is C22H26N4O3. The third-order valence-electron chi connectivity index (χ3n) is 5.85. The van der Waals surface area contributed by atoms with Gasteiger partial charge in [-0.15, -0.1) is 0 Å². The number of nitriles is 1. The van der Waals surface area contributed by atoms with E-state index in [9.17, 15) is 14.9 Å². The summed E-state index contributed by atoms with van der Waals surface area (Å²) in [4.78, 5) is 29.0. The maximum atomic E-state index is 12.7. The molecule has 0 bridgehead atoms. The summed E-state index contributed by atoms with van der Waals surface area (Å²) < 4.78 is 7.04. The van der Waals surface area contributed by atoms with E-state index in [4.69, 9.17) is 4.74 Å². The molecule has 0 radical (unpaired) electrons. The van der Waals surface area contributed by atoms with Crippen LogP contribution in [0.5, 0.6) is 0 Å². The number of carbonyl (C=O) groups excluding carboxylic acids is 1. The highest BCUT2D eigenvalue weighted by Crippen LogP contribution is 2.44. The zero-order valence-electron chi connectivity index (χ0n) is 17.4. The molecule has 1 spiro atoms. The van der Waals surface area contributed by atoms with Crippen LogP contribution in [0.1, 0.15) is 32.8 Å². The van der Waals surface area contributed by atoms with Crippen molar-refractivity contribution >= 4 is 22.7 Å². The molecule has 0 atom stereocenters. The number of hydrogen-bond acceptors (Lipinski definition) is 5. The number of carbonyl (C=O) groups is 1. The van der Waals surface area contributed by atoms with E-state index in [1.165, 1.54) is 4.57 Å². The molecule has 2 fully saturated rings. The fourth-order valence-electron chi connectivity index (χ4n) is 4.51. The molecule has 1 amide bonds. The molecule has 1 aromatic carbocycles. The monoisotopic (exact) mass is 394 g/mol. The molecule has 0 aliphatic carbocycles. The summed E-state index contributed by atoms with van der Waals surface area (Å²) >= 11 is 0. The Morgan fingerprint density at radius 1 is 1.21 bits per heavy atom. The SMILES string of the molecule is Cn1c(=O)c(C#N)c(N2CC3(CCN(C(=O)OC(C)(C)C)C3)C2)c2ccccc21. The lowest BCUT2D eigenvalue weighted by Gasteiger charge is -2.49. The number of rotatable bonds is 1. The molecule has 0 unspecified atom stereocenters. The van der Waals surface area contributed by atoms with Crippen LogP contribution >= 0.6 is 0 Å². The van der Waals surface area contributed by atoms with E-state index in [1.807, 2.05) is 45.0 Å². The van der Waals surface area contributed by atoms with Crippen molar-refractivity contribution in [2.24, 2.45) is 12.5 Å². The van der Waals surface area contributed by atoms with Crippen molar-refractivity contribution in [1.29, 1.82) is 5.26 Å². The van der Waals surface area contributed by atoms with E-state index in [-0.39, 0.29) is 22.6 Å². The van der Waals surface area contributed by atoms with Gasteiger partial charge in [0.05, 0.1) is 11.2 Å². The van der Waals surface area contributed by atoms with Crippen LogP contribution in [0.25, 0.3) is 10.9 Å². The summed E-state index contributed by atoms with van der Waals surface area (Å²) in [6.45, 7) is 8.36. The Kier molecular flexibility index (Phi) is 4.34. The van der Waals surface area contributed by atoms with Crippen LogP contribution in [0.15, 0.2) is 29.1 Å². The van der Waals surface area contributed by atoms with Gasteiger partial charge in [0.15, 0.2) is 0 Å². The van der Waals surface area contributed by atoms with Gasteiger partial charge in [-0.1, -0.05) is 18.2 Å². The maximum Gasteiger partial charge on any atom is 0.410 e. The first-order chi connectivity index (χ1) is 13.6. The molecule has 2 saturated heterocycles. The number of aromatic nitrogens is 1. The van der Waals surface area contributed by atoms with Gasteiger partial charge in [-0.25, -0.2) is 4.79 Å². The Bertz CT molecular complexity index is 1080. The second-order valence-electron chi connectivity index (χ2n) is 9.22. The minimum absolute atomic E-state index is 0.00812. The Balaban J connectivity index is 1.59. The smallest absolute Gasteiger partial charge is 0.410 e.